The lowest BCUT2D eigenvalue weighted by atomic mass is 9.99. The lowest BCUT2D eigenvalue weighted by Crippen LogP contribution is -2.57. The SMILES string of the molecule is Cc1ccc(CNC(=O)NC2(C(=O)O)CCOC2)cn1. The summed E-state index contributed by atoms with van der Waals surface area (Å²) >= 11 is 0. The fourth-order valence-electron chi connectivity index (χ4n) is 1.93. The van der Waals surface area contributed by atoms with E-state index in [0.717, 1.165) is 11.3 Å². The maximum Gasteiger partial charge on any atom is 0.332 e. The van der Waals surface area contributed by atoms with Gasteiger partial charge in [0.1, 0.15) is 0 Å². The summed E-state index contributed by atoms with van der Waals surface area (Å²) < 4.78 is 5.07. The van der Waals surface area contributed by atoms with Crippen LogP contribution in [0, 0.1) is 6.92 Å². The fraction of sp³-hybridized carbons (Fsp3) is 0.462. The number of aromatic nitrogens is 1. The van der Waals surface area contributed by atoms with Gasteiger partial charge in [-0.2, -0.15) is 0 Å². The minimum Gasteiger partial charge on any atom is -0.479 e. The summed E-state index contributed by atoms with van der Waals surface area (Å²) in [7, 11) is 0. The van der Waals surface area contributed by atoms with E-state index < -0.39 is 17.5 Å². The maximum atomic E-state index is 11.8. The quantitative estimate of drug-likeness (QED) is 0.742. The number of pyridine rings is 1. The summed E-state index contributed by atoms with van der Waals surface area (Å²) in [5.74, 6) is -1.08. The third kappa shape index (κ3) is 3.24. The van der Waals surface area contributed by atoms with E-state index in [1.165, 1.54) is 0 Å². The number of carboxylic acids is 1. The molecule has 1 saturated heterocycles. The van der Waals surface area contributed by atoms with Crippen LogP contribution >= 0.6 is 0 Å². The first-order valence-electron chi connectivity index (χ1n) is 6.30. The Morgan fingerprint density at radius 1 is 1.50 bits per heavy atom. The molecular weight excluding hydrogens is 262 g/mol. The molecule has 0 spiro atoms. The van der Waals surface area contributed by atoms with E-state index in [1.807, 2.05) is 19.1 Å². The highest BCUT2D eigenvalue weighted by molar-refractivity contribution is 5.86. The van der Waals surface area contributed by atoms with E-state index in [4.69, 9.17) is 4.74 Å². The van der Waals surface area contributed by atoms with Crippen molar-refractivity contribution in [1.82, 2.24) is 15.6 Å². The fourth-order valence-corrected chi connectivity index (χ4v) is 1.93. The summed E-state index contributed by atoms with van der Waals surface area (Å²) in [5, 5.41) is 14.3. The van der Waals surface area contributed by atoms with Crippen LogP contribution in [-0.2, 0) is 16.1 Å². The number of nitrogens with zero attached hydrogens (tertiary/aromatic N) is 1. The zero-order valence-electron chi connectivity index (χ0n) is 11.2. The molecule has 7 heteroatoms. The first-order valence-corrected chi connectivity index (χ1v) is 6.30. The summed E-state index contributed by atoms with van der Waals surface area (Å²) in [6, 6.07) is 3.17. The smallest absolute Gasteiger partial charge is 0.332 e. The largest absolute Gasteiger partial charge is 0.479 e. The van der Waals surface area contributed by atoms with Gasteiger partial charge in [-0.3, -0.25) is 4.98 Å². The van der Waals surface area contributed by atoms with E-state index >= 15 is 0 Å². The average molecular weight is 279 g/mol. The van der Waals surface area contributed by atoms with Crippen molar-refractivity contribution in [2.75, 3.05) is 13.2 Å². The molecule has 1 aromatic heterocycles. The van der Waals surface area contributed by atoms with Crippen molar-refractivity contribution in [2.45, 2.75) is 25.4 Å². The third-order valence-corrected chi connectivity index (χ3v) is 3.21. The van der Waals surface area contributed by atoms with Gasteiger partial charge in [0.15, 0.2) is 5.54 Å². The Morgan fingerprint density at radius 3 is 2.85 bits per heavy atom. The van der Waals surface area contributed by atoms with Crippen LogP contribution in [-0.4, -0.2) is 40.8 Å². The predicted molar refractivity (Wildman–Crippen MR) is 70.1 cm³/mol. The molecule has 0 radical (unpaired) electrons. The van der Waals surface area contributed by atoms with Gasteiger partial charge in [0.05, 0.1) is 6.61 Å². The molecule has 1 aliphatic heterocycles. The first-order chi connectivity index (χ1) is 9.52. The van der Waals surface area contributed by atoms with E-state index in [0.29, 0.717) is 6.61 Å². The molecule has 20 heavy (non-hydrogen) atoms. The summed E-state index contributed by atoms with van der Waals surface area (Å²) in [6.07, 6.45) is 1.93. The van der Waals surface area contributed by atoms with Gasteiger partial charge in [-0.1, -0.05) is 6.07 Å². The molecular formula is C13H17N3O4. The molecule has 1 atom stereocenters. The number of aryl methyl sites for hydroxylation is 1. The summed E-state index contributed by atoms with van der Waals surface area (Å²) in [5.41, 5.74) is 0.416. The molecule has 0 aromatic carbocycles. The molecule has 1 aromatic rings. The molecule has 0 aliphatic carbocycles. The molecule has 1 fully saturated rings. The highest BCUT2D eigenvalue weighted by Crippen LogP contribution is 2.18. The molecule has 2 amide bonds. The molecule has 2 rings (SSSR count). The van der Waals surface area contributed by atoms with E-state index in [2.05, 4.69) is 15.6 Å². The van der Waals surface area contributed by atoms with Crippen LogP contribution < -0.4 is 10.6 Å². The number of carboxylic acid groups (broad SMARTS) is 1. The zero-order valence-corrected chi connectivity index (χ0v) is 11.2. The third-order valence-electron chi connectivity index (χ3n) is 3.21. The van der Waals surface area contributed by atoms with Gasteiger partial charge >= 0.3 is 12.0 Å². The Labute approximate surface area is 116 Å². The Balaban J connectivity index is 1.89. The number of hydrogen-bond donors (Lipinski definition) is 3. The van der Waals surface area contributed by atoms with Crippen molar-refractivity contribution in [3.63, 3.8) is 0 Å². The lowest BCUT2D eigenvalue weighted by molar-refractivity contribution is -0.144. The minimum absolute atomic E-state index is 0.0121. The van der Waals surface area contributed by atoms with Crippen molar-refractivity contribution in [2.24, 2.45) is 0 Å². The molecule has 2 heterocycles. The second-order valence-corrected chi connectivity index (χ2v) is 4.81. The van der Waals surface area contributed by atoms with Crippen LogP contribution in [0.5, 0.6) is 0 Å². The number of ether oxygens (including phenoxy) is 1. The zero-order chi connectivity index (χ0) is 14.6. The highest BCUT2D eigenvalue weighted by atomic mass is 16.5. The first kappa shape index (κ1) is 14.3. The Morgan fingerprint density at radius 2 is 2.30 bits per heavy atom. The molecule has 1 unspecified atom stereocenters. The van der Waals surface area contributed by atoms with Gasteiger partial charge in [0, 0.05) is 31.5 Å². The van der Waals surface area contributed by atoms with Gasteiger partial charge in [-0.25, -0.2) is 9.59 Å². The van der Waals surface area contributed by atoms with Crippen LogP contribution in [0.25, 0.3) is 0 Å². The Kier molecular flexibility index (Phi) is 4.19. The number of aliphatic carboxylic acids is 1. The second kappa shape index (κ2) is 5.87. The number of urea groups is 1. The van der Waals surface area contributed by atoms with Crippen LogP contribution in [0.2, 0.25) is 0 Å². The van der Waals surface area contributed by atoms with Crippen molar-refractivity contribution in [3.05, 3.63) is 29.6 Å². The highest BCUT2D eigenvalue weighted by Gasteiger charge is 2.43. The second-order valence-electron chi connectivity index (χ2n) is 4.81. The van der Waals surface area contributed by atoms with Crippen LogP contribution in [0.4, 0.5) is 4.79 Å². The Hall–Kier alpha value is -2.15. The monoisotopic (exact) mass is 279 g/mol. The van der Waals surface area contributed by atoms with Crippen molar-refractivity contribution < 1.29 is 19.4 Å². The number of amides is 2. The molecule has 1 aliphatic rings. The van der Waals surface area contributed by atoms with Crippen molar-refractivity contribution >= 4 is 12.0 Å². The van der Waals surface area contributed by atoms with E-state index in [1.54, 1.807) is 6.20 Å². The van der Waals surface area contributed by atoms with Crippen LogP contribution in [0.15, 0.2) is 18.3 Å². The van der Waals surface area contributed by atoms with Gasteiger partial charge in [0.2, 0.25) is 0 Å². The average Bonchev–Trinajstić information content (AvgIpc) is 2.88. The van der Waals surface area contributed by atoms with Gasteiger partial charge < -0.3 is 20.5 Å². The molecule has 0 bridgehead atoms. The number of carbonyl (C=O) groups is 2. The van der Waals surface area contributed by atoms with Gasteiger partial charge in [-0.15, -0.1) is 0 Å². The standard InChI is InChI=1S/C13H17N3O4/c1-9-2-3-10(6-14-9)7-15-12(19)16-13(11(17)18)4-5-20-8-13/h2-3,6H,4-5,7-8H2,1H3,(H,17,18)(H2,15,16,19). The van der Waals surface area contributed by atoms with Crippen LogP contribution in [0.3, 0.4) is 0 Å². The van der Waals surface area contributed by atoms with Gasteiger partial charge in [-0.05, 0) is 18.6 Å². The molecule has 3 N–H and O–H groups in total. The predicted octanol–water partition coefficient (Wildman–Crippen LogP) is 0.433. The molecule has 108 valence electrons. The number of carbonyl (C=O) groups excluding carboxylic acids is 1. The minimum atomic E-state index is -1.32. The number of nitrogens with one attached hydrogen (secondary N) is 2. The topological polar surface area (TPSA) is 101 Å². The normalized spacial score (nSPS) is 21.4. The van der Waals surface area contributed by atoms with E-state index in [9.17, 15) is 14.7 Å². The summed E-state index contributed by atoms with van der Waals surface area (Å²) in [6.45, 7) is 2.48. The molecule has 7 nitrogen and oxygen atoms in total. The van der Waals surface area contributed by atoms with Gasteiger partial charge in [0.25, 0.3) is 0 Å². The Bertz CT molecular complexity index is 495. The molecule has 0 saturated carbocycles. The number of hydrogen-bond acceptors (Lipinski definition) is 4. The van der Waals surface area contributed by atoms with Crippen molar-refractivity contribution in [3.8, 4) is 0 Å². The van der Waals surface area contributed by atoms with Crippen LogP contribution in [0.1, 0.15) is 17.7 Å². The lowest BCUT2D eigenvalue weighted by Gasteiger charge is -2.23. The van der Waals surface area contributed by atoms with E-state index in [-0.39, 0.29) is 19.6 Å². The summed E-state index contributed by atoms with van der Waals surface area (Å²) in [4.78, 5) is 27.1. The number of rotatable bonds is 4. The van der Waals surface area contributed by atoms with Crippen molar-refractivity contribution in [1.29, 1.82) is 0 Å². The maximum absolute atomic E-state index is 11.8.